The van der Waals surface area contributed by atoms with E-state index < -0.39 is 0 Å². The van der Waals surface area contributed by atoms with Crippen molar-refractivity contribution >= 4 is 37.9 Å². The van der Waals surface area contributed by atoms with Crippen molar-refractivity contribution in [1.82, 2.24) is 0 Å². The van der Waals surface area contributed by atoms with Crippen molar-refractivity contribution in [2.45, 2.75) is 37.5 Å². The van der Waals surface area contributed by atoms with Gasteiger partial charge in [0.1, 0.15) is 0 Å². The first kappa shape index (κ1) is 26.4. The van der Waals surface area contributed by atoms with Gasteiger partial charge >= 0.3 is 0 Å². The van der Waals surface area contributed by atoms with Gasteiger partial charge in [-0.1, -0.05) is 127 Å². The van der Waals surface area contributed by atoms with E-state index in [9.17, 15) is 5.26 Å². The third kappa shape index (κ3) is 4.64. The smallest absolute Gasteiger partial charge is 0.0953 e. The topological polar surface area (TPSA) is 23.8 Å². The molecule has 0 radical (unpaired) electrons. The molecule has 3 aliphatic rings. The second-order valence-electron chi connectivity index (χ2n) is 12.2. The highest BCUT2D eigenvalue weighted by Gasteiger charge is 2.23. The van der Waals surface area contributed by atoms with Crippen LogP contribution in [0.2, 0.25) is 0 Å². The Bertz CT molecular complexity index is 2150. The molecule has 0 fully saturated rings. The van der Waals surface area contributed by atoms with Crippen molar-refractivity contribution in [2.75, 3.05) is 0 Å². The van der Waals surface area contributed by atoms with Gasteiger partial charge in [-0.05, 0) is 104 Å². The summed E-state index contributed by atoms with van der Waals surface area (Å²) in [5.74, 6) is 0.400. The maximum Gasteiger partial charge on any atom is 0.0953 e. The van der Waals surface area contributed by atoms with Gasteiger partial charge in [0, 0.05) is 17.4 Å². The summed E-state index contributed by atoms with van der Waals surface area (Å²) in [6.07, 6.45) is 22.0. The summed E-state index contributed by atoms with van der Waals surface area (Å²) in [6, 6.07) is 36.0. The van der Waals surface area contributed by atoms with Crippen LogP contribution in [0.25, 0.3) is 37.9 Å². The molecule has 0 amide bonds. The molecule has 0 saturated heterocycles. The number of nitrogens with zero attached hydrogens (tertiary/aromatic N) is 1. The van der Waals surface area contributed by atoms with E-state index in [-0.39, 0.29) is 5.92 Å². The Kier molecular flexibility index (Phi) is 6.69. The molecule has 0 heterocycles. The molecule has 5 aromatic rings. The van der Waals surface area contributed by atoms with Gasteiger partial charge in [-0.2, -0.15) is 5.26 Å². The zero-order chi connectivity index (χ0) is 29.5. The molecule has 44 heavy (non-hydrogen) atoms. The van der Waals surface area contributed by atoms with E-state index in [1.807, 2.05) is 0 Å². The number of fused-ring (bicyclic) bond motifs is 6. The molecule has 1 heteroatoms. The number of hydrogen-bond donors (Lipinski definition) is 0. The second kappa shape index (κ2) is 11.1. The second-order valence-corrected chi connectivity index (χ2v) is 12.2. The Hall–Kier alpha value is -5.19. The van der Waals surface area contributed by atoms with Gasteiger partial charge in [-0.25, -0.2) is 0 Å². The minimum absolute atomic E-state index is 0.106. The molecular formula is C43H33N. The van der Waals surface area contributed by atoms with Crippen LogP contribution in [0.15, 0.2) is 156 Å². The van der Waals surface area contributed by atoms with Crippen LogP contribution >= 0.6 is 0 Å². The maximum absolute atomic E-state index is 10.1. The predicted octanol–water partition coefficient (Wildman–Crippen LogP) is 11.4. The molecule has 5 aromatic carbocycles. The summed E-state index contributed by atoms with van der Waals surface area (Å²) in [5, 5.41) is 17.9. The summed E-state index contributed by atoms with van der Waals surface area (Å²) in [7, 11) is 0. The van der Waals surface area contributed by atoms with Gasteiger partial charge < -0.3 is 0 Å². The monoisotopic (exact) mass is 563 g/mol. The molecule has 0 bridgehead atoms. The van der Waals surface area contributed by atoms with Crippen LogP contribution in [-0.2, 0) is 0 Å². The van der Waals surface area contributed by atoms with Crippen LogP contribution in [0.4, 0.5) is 0 Å². The van der Waals surface area contributed by atoms with E-state index in [1.165, 1.54) is 65.7 Å². The van der Waals surface area contributed by atoms with Gasteiger partial charge in [0.2, 0.25) is 0 Å². The number of benzene rings is 5. The van der Waals surface area contributed by atoms with Crippen LogP contribution < -0.4 is 0 Å². The van der Waals surface area contributed by atoms with Crippen molar-refractivity contribution in [3.8, 4) is 6.07 Å². The molecular weight excluding hydrogens is 530 g/mol. The number of allylic oxidation sites excluding steroid dienone is 12. The fourth-order valence-corrected chi connectivity index (χ4v) is 7.39. The highest BCUT2D eigenvalue weighted by Crippen LogP contribution is 2.40. The maximum atomic E-state index is 10.1. The average molecular weight is 564 g/mol. The van der Waals surface area contributed by atoms with E-state index in [2.05, 4.69) is 146 Å². The zero-order valence-electron chi connectivity index (χ0n) is 24.7. The Morgan fingerprint density at radius 3 is 2.11 bits per heavy atom. The van der Waals surface area contributed by atoms with E-state index in [0.29, 0.717) is 5.92 Å². The van der Waals surface area contributed by atoms with E-state index in [1.54, 1.807) is 0 Å². The van der Waals surface area contributed by atoms with Gasteiger partial charge in [0.15, 0.2) is 0 Å². The van der Waals surface area contributed by atoms with Crippen LogP contribution in [0.5, 0.6) is 0 Å². The van der Waals surface area contributed by atoms with Crippen molar-refractivity contribution < 1.29 is 0 Å². The first-order valence-electron chi connectivity index (χ1n) is 15.8. The van der Waals surface area contributed by atoms with Crippen LogP contribution in [-0.4, -0.2) is 0 Å². The van der Waals surface area contributed by atoms with Crippen molar-refractivity contribution in [1.29, 1.82) is 5.26 Å². The van der Waals surface area contributed by atoms with Crippen LogP contribution in [0, 0.1) is 11.3 Å². The van der Waals surface area contributed by atoms with Gasteiger partial charge in [-0.15, -0.1) is 0 Å². The molecule has 0 spiro atoms. The lowest BCUT2D eigenvalue weighted by atomic mass is 9.79. The Labute approximate surface area is 259 Å². The third-order valence-corrected chi connectivity index (χ3v) is 9.66. The SMILES string of the molecule is N#CC1=CC(C2=CC=CCC2)=CCC1c1cccc(C2C=C(c3ccc4c5ccccc5c5ccccc5c4c3)C=CC2)c1. The molecule has 0 aliphatic heterocycles. The van der Waals surface area contributed by atoms with Gasteiger partial charge in [0.25, 0.3) is 0 Å². The largest absolute Gasteiger partial charge is 0.193 e. The lowest BCUT2D eigenvalue weighted by Gasteiger charge is -2.24. The molecule has 3 aliphatic carbocycles. The molecule has 8 rings (SSSR count). The lowest BCUT2D eigenvalue weighted by molar-refractivity contribution is 0.798. The van der Waals surface area contributed by atoms with Crippen molar-refractivity contribution in [2.24, 2.45) is 0 Å². The van der Waals surface area contributed by atoms with E-state index in [0.717, 1.165) is 31.3 Å². The normalized spacial score (nSPS) is 19.8. The Morgan fingerprint density at radius 2 is 1.39 bits per heavy atom. The quantitative estimate of drug-likeness (QED) is 0.200. The molecule has 2 atom stereocenters. The standard InChI is InChI=1S/C43H33N/c44-28-36-26-33(29-10-2-1-3-11-29)20-22-37(36)35-15-9-14-32(25-35)30-12-8-13-31(24-30)34-21-23-42-40-18-5-4-16-38(40)39-17-6-7-19-41(39)43(42)27-34/h1-2,4-10,13-21,23-27,30,37H,3,11-12,22H2. The van der Waals surface area contributed by atoms with E-state index >= 15 is 0 Å². The predicted molar refractivity (Wildman–Crippen MR) is 185 cm³/mol. The number of hydrogen-bond acceptors (Lipinski definition) is 1. The molecule has 0 N–H and O–H groups in total. The summed E-state index contributed by atoms with van der Waals surface area (Å²) in [4.78, 5) is 0. The minimum Gasteiger partial charge on any atom is -0.193 e. The molecule has 0 aromatic heterocycles. The van der Waals surface area contributed by atoms with Crippen molar-refractivity contribution in [3.05, 3.63) is 173 Å². The molecule has 210 valence electrons. The fraction of sp³-hybridized carbons (Fsp3) is 0.140. The molecule has 2 unspecified atom stereocenters. The lowest BCUT2D eigenvalue weighted by Crippen LogP contribution is -2.08. The van der Waals surface area contributed by atoms with Gasteiger partial charge in [-0.3, -0.25) is 0 Å². The third-order valence-electron chi connectivity index (χ3n) is 9.66. The minimum atomic E-state index is 0.106. The van der Waals surface area contributed by atoms with Crippen LogP contribution in [0.3, 0.4) is 0 Å². The Balaban J connectivity index is 1.13. The van der Waals surface area contributed by atoms with Gasteiger partial charge in [0.05, 0.1) is 6.07 Å². The first-order chi connectivity index (χ1) is 21.8. The average Bonchev–Trinajstić information content (AvgIpc) is 3.12. The molecule has 1 nitrogen and oxygen atoms in total. The zero-order valence-corrected chi connectivity index (χ0v) is 24.7. The van der Waals surface area contributed by atoms with Crippen molar-refractivity contribution in [3.63, 3.8) is 0 Å². The molecule has 0 saturated carbocycles. The highest BCUT2D eigenvalue weighted by atomic mass is 14.3. The summed E-state index contributed by atoms with van der Waals surface area (Å²) >= 11 is 0. The van der Waals surface area contributed by atoms with E-state index in [4.69, 9.17) is 0 Å². The fourth-order valence-electron chi connectivity index (χ4n) is 7.39. The summed E-state index contributed by atoms with van der Waals surface area (Å²) in [6.45, 7) is 0. The van der Waals surface area contributed by atoms with Crippen LogP contribution in [0.1, 0.15) is 54.2 Å². The Morgan fingerprint density at radius 1 is 0.659 bits per heavy atom. The highest BCUT2D eigenvalue weighted by molar-refractivity contribution is 6.25. The summed E-state index contributed by atoms with van der Waals surface area (Å²) in [5.41, 5.74) is 8.50. The first-order valence-corrected chi connectivity index (χ1v) is 15.8. The number of nitriles is 1. The number of rotatable bonds is 4. The summed E-state index contributed by atoms with van der Waals surface area (Å²) < 4.78 is 0.